The number of aliphatic hydroxyl groups excluding tert-OH is 1. The van der Waals surface area contributed by atoms with Gasteiger partial charge in [0, 0.05) is 12.0 Å². The molecule has 0 aromatic rings. The van der Waals surface area contributed by atoms with Crippen LogP contribution in [0.2, 0.25) is 0 Å². The molecule has 0 radical (unpaired) electrons. The molecule has 10 heavy (non-hydrogen) atoms. The molecule has 1 fully saturated rings. The molecule has 4 heteroatoms. The number of hydrogen-bond donors (Lipinski definition) is 2. The van der Waals surface area contributed by atoms with Crippen LogP contribution in [0.4, 0.5) is 4.39 Å². The molecule has 1 aliphatic carbocycles. The molecule has 3 N–H and O–H groups in total. The largest absolute Gasteiger partial charge is 0.396 e. The molecule has 0 aromatic heterocycles. The van der Waals surface area contributed by atoms with Gasteiger partial charge in [0.2, 0.25) is 0 Å². The maximum atomic E-state index is 12.2. The number of aliphatic hydroxyl groups is 1. The number of halogens is 2. The maximum absolute atomic E-state index is 12.2. The Labute approximate surface area is 66.0 Å². The summed E-state index contributed by atoms with van der Waals surface area (Å²) in [6.45, 7) is 0.438. The molecule has 1 saturated carbocycles. The van der Waals surface area contributed by atoms with Gasteiger partial charge >= 0.3 is 0 Å². The minimum absolute atomic E-state index is 0. The third kappa shape index (κ3) is 1.59. The average molecular weight is 170 g/mol. The van der Waals surface area contributed by atoms with Crippen molar-refractivity contribution in [2.24, 2.45) is 11.1 Å². The lowest BCUT2D eigenvalue weighted by molar-refractivity contribution is -0.0149. The zero-order chi connectivity index (χ0) is 6.91. The number of nitrogens with two attached hydrogens (primary N) is 1. The van der Waals surface area contributed by atoms with E-state index >= 15 is 0 Å². The molecule has 0 unspecified atom stereocenters. The predicted molar refractivity (Wildman–Crippen MR) is 40.0 cm³/mol. The third-order valence-corrected chi connectivity index (χ3v) is 2.08. The molecule has 0 bridgehead atoms. The lowest BCUT2D eigenvalue weighted by Crippen LogP contribution is -2.47. The van der Waals surface area contributed by atoms with E-state index in [1.807, 2.05) is 0 Å². The van der Waals surface area contributed by atoms with E-state index < -0.39 is 6.17 Å². The van der Waals surface area contributed by atoms with Crippen molar-refractivity contribution in [1.82, 2.24) is 0 Å². The summed E-state index contributed by atoms with van der Waals surface area (Å²) in [7, 11) is 0. The van der Waals surface area contributed by atoms with Crippen LogP contribution in [0.25, 0.3) is 0 Å². The van der Waals surface area contributed by atoms with Crippen molar-refractivity contribution in [2.45, 2.75) is 19.0 Å². The Morgan fingerprint density at radius 2 is 2.10 bits per heavy atom. The van der Waals surface area contributed by atoms with Crippen molar-refractivity contribution in [1.29, 1.82) is 0 Å². The van der Waals surface area contributed by atoms with E-state index in [4.69, 9.17) is 10.8 Å². The number of rotatable bonds is 2. The minimum Gasteiger partial charge on any atom is -0.396 e. The van der Waals surface area contributed by atoms with Crippen LogP contribution in [0, 0.1) is 5.41 Å². The number of hydrogen-bond acceptors (Lipinski definition) is 2. The third-order valence-electron chi connectivity index (χ3n) is 2.08. The molecule has 0 aliphatic heterocycles. The summed E-state index contributed by atoms with van der Waals surface area (Å²) in [4.78, 5) is 0. The van der Waals surface area contributed by atoms with Crippen molar-refractivity contribution >= 4 is 12.4 Å². The van der Waals surface area contributed by atoms with Crippen molar-refractivity contribution in [2.75, 3.05) is 13.2 Å². The molecule has 0 atom stereocenters. The normalized spacial score (nSPS) is 38.1. The highest BCUT2D eigenvalue weighted by Crippen LogP contribution is 2.41. The second-order valence-corrected chi connectivity index (χ2v) is 2.87. The first-order valence-corrected chi connectivity index (χ1v) is 3.17. The van der Waals surface area contributed by atoms with Gasteiger partial charge in [0.15, 0.2) is 0 Å². The van der Waals surface area contributed by atoms with Gasteiger partial charge in [-0.2, -0.15) is 0 Å². The van der Waals surface area contributed by atoms with Gasteiger partial charge < -0.3 is 10.8 Å². The van der Waals surface area contributed by atoms with Gasteiger partial charge in [-0.1, -0.05) is 0 Å². The molecule has 0 spiro atoms. The zero-order valence-corrected chi connectivity index (χ0v) is 6.53. The highest BCUT2D eigenvalue weighted by atomic mass is 35.5. The number of alkyl halides is 1. The molecule has 0 heterocycles. The summed E-state index contributed by atoms with van der Waals surface area (Å²) in [5.41, 5.74) is 5.05. The molecule has 0 aromatic carbocycles. The Hall–Kier alpha value is 0.140. The monoisotopic (exact) mass is 169 g/mol. The SMILES string of the molecule is Cl.NCC1(CO)CC(F)C1. The van der Waals surface area contributed by atoms with E-state index in [0.717, 1.165) is 0 Å². The Balaban J connectivity index is 0.000000810. The van der Waals surface area contributed by atoms with Crippen molar-refractivity contribution < 1.29 is 9.50 Å². The molecular formula is C6H13ClFNO. The van der Waals surface area contributed by atoms with Crippen molar-refractivity contribution in [3.05, 3.63) is 0 Å². The van der Waals surface area contributed by atoms with Gasteiger partial charge in [0.1, 0.15) is 6.17 Å². The second kappa shape index (κ2) is 3.51. The van der Waals surface area contributed by atoms with Crippen molar-refractivity contribution in [3.63, 3.8) is 0 Å². The zero-order valence-electron chi connectivity index (χ0n) is 5.72. The molecule has 62 valence electrons. The standard InChI is InChI=1S/C6H12FNO.ClH/c7-5-1-6(2-5,3-8)4-9;/h5,9H,1-4,8H2;1H. The Bertz CT molecular complexity index is 99.9. The fourth-order valence-electron chi connectivity index (χ4n) is 1.24. The molecule has 0 saturated heterocycles. The summed E-state index contributed by atoms with van der Waals surface area (Å²) in [6.07, 6.45) is 0.167. The highest BCUT2D eigenvalue weighted by Gasteiger charge is 2.42. The van der Waals surface area contributed by atoms with Crippen LogP contribution in [-0.4, -0.2) is 24.4 Å². The minimum atomic E-state index is -0.722. The Kier molecular flexibility index (Phi) is 3.56. The molecule has 1 rings (SSSR count). The quantitative estimate of drug-likeness (QED) is 0.632. The average Bonchev–Trinajstić information content (AvgIpc) is 1.81. The van der Waals surface area contributed by atoms with Crippen LogP contribution < -0.4 is 5.73 Å². The topological polar surface area (TPSA) is 46.2 Å². The van der Waals surface area contributed by atoms with E-state index in [0.29, 0.717) is 19.4 Å². The summed E-state index contributed by atoms with van der Waals surface area (Å²) < 4.78 is 12.2. The van der Waals surface area contributed by atoms with E-state index in [1.54, 1.807) is 0 Å². The Morgan fingerprint density at radius 1 is 1.60 bits per heavy atom. The second-order valence-electron chi connectivity index (χ2n) is 2.87. The molecule has 2 nitrogen and oxygen atoms in total. The summed E-state index contributed by atoms with van der Waals surface area (Å²) in [6, 6.07) is 0. The van der Waals surface area contributed by atoms with E-state index in [1.165, 1.54) is 0 Å². The van der Waals surface area contributed by atoms with Crippen LogP contribution in [0.15, 0.2) is 0 Å². The van der Waals surface area contributed by atoms with Gasteiger partial charge in [0.25, 0.3) is 0 Å². The maximum Gasteiger partial charge on any atom is 0.101 e. The summed E-state index contributed by atoms with van der Waals surface area (Å²) in [5, 5.41) is 8.71. The van der Waals surface area contributed by atoms with Crippen LogP contribution in [0.5, 0.6) is 0 Å². The molecular weight excluding hydrogens is 157 g/mol. The molecule has 1 aliphatic rings. The van der Waals surface area contributed by atoms with E-state index in [-0.39, 0.29) is 24.4 Å². The first kappa shape index (κ1) is 10.1. The van der Waals surface area contributed by atoms with Crippen LogP contribution in [-0.2, 0) is 0 Å². The smallest absolute Gasteiger partial charge is 0.101 e. The first-order valence-electron chi connectivity index (χ1n) is 3.17. The van der Waals surface area contributed by atoms with Gasteiger partial charge in [0.05, 0.1) is 6.61 Å². The van der Waals surface area contributed by atoms with Crippen LogP contribution >= 0.6 is 12.4 Å². The van der Waals surface area contributed by atoms with E-state index in [2.05, 4.69) is 0 Å². The van der Waals surface area contributed by atoms with Gasteiger partial charge in [-0.15, -0.1) is 12.4 Å². The van der Waals surface area contributed by atoms with Gasteiger partial charge in [-0.05, 0) is 12.8 Å². The predicted octanol–water partition coefficient (Wildman–Crippen LogP) is 0.478. The molecule has 0 amide bonds. The lowest BCUT2D eigenvalue weighted by atomic mass is 9.68. The highest BCUT2D eigenvalue weighted by molar-refractivity contribution is 5.85. The summed E-state index contributed by atoms with van der Waals surface area (Å²) >= 11 is 0. The summed E-state index contributed by atoms with van der Waals surface area (Å²) in [5.74, 6) is 0. The fraction of sp³-hybridized carbons (Fsp3) is 1.00. The fourth-order valence-corrected chi connectivity index (χ4v) is 1.24. The van der Waals surface area contributed by atoms with Crippen LogP contribution in [0.1, 0.15) is 12.8 Å². The van der Waals surface area contributed by atoms with Gasteiger partial charge in [-0.25, -0.2) is 4.39 Å². The lowest BCUT2D eigenvalue weighted by Gasteiger charge is -2.41. The van der Waals surface area contributed by atoms with Crippen molar-refractivity contribution in [3.8, 4) is 0 Å². The van der Waals surface area contributed by atoms with Gasteiger partial charge in [-0.3, -0.25) is 0 Å². The Morgan fingerprint density at radius 3 is 2.20 bits per heavy atom. The van der Waals surface area contributed by atoms with E-state index in [9.17, 15) is 4.39 Å². The first-order chi connectivity index (χ1) is 4.22. The van der Waals surface area contributed by atoms with Crippen LogP contribution in [0.3, 0.4) is 0 Å².